The lowest BCUT2D eigenvalue weighted by Crippen LogP contribution is -2.57. The summed E-state index contributed by atoms with van der Waals surface area (Å²) in [5.74, 6) is 2.16. The van der Waals surface area contributed by atoms with Crippen LogP contribution in [0.15, 0.2) is 45.6 Å². The summed E-state index contributed by atoms with van der Waals surface area (Å²) in [7, 11) is 2.25. The number of nitrogens with zero attached hydrogens (tertiary/aromatic N) is 2. The maximum Gasteiger partial charge on any atom is 0.117 e. The van der Waals surface area contributed by atoms with Gasteiger partial charge in [0.25, 0.3) is 0 Å². The van der Waals surface area contributed by atoms with Crippen molar-refractivity contribution in [3.63, 3.8) is 0 Å². The molecule has 4 nitrogen and oxygen atoms in total. The third-order valence-electron chi connectivity index (χ3n) is 5.95. The minimum atomic E-state index is 0.529. The second kappa shape index (κ2) is 6.17. The van der Waals surface area contributed by atoms with Crippen LogP contribution in [0.4, 0.5) is 0 Å². The molecule has 0 N–H and O–H groups in total. The molecule has 3 heterocycles. The Kier molecular flexibility index (Phi) is 4.04. The van der Waals surface area contributed by atoms with Crippen LogP contribution in [0.3, 0.4) is 0 Å². The normalized spacial score (nSPS) is 24.2. The maximum absolute atomic E-state index is 5.51. The van der Waals surface area contributed by atoms with E-state index in [1.807, 2.05) is 12.1 Å². The van der Waals surface area contributed by atoms with Gasteiger partial charge in [-0.25, -0.2) is 0 Å². The fourth-order valence-corrected chi connectivity index (χ4v) is 4.49. The molecule has 1 aliphatic carbocycles. The van der Waals surface area contributed by atoms with Crippen molar-refractivity contribution >= 4 is 0 Å². The summed E-state index contributed by atoms with van der Waals surface area (Å²) in [5, 5.41) is 0. The van der Waals surface area contributed by atoms with Crippen molar-refractivity contribution < 1.29 is 8.83 Å². The molecule has 0 radical (unpaired) electrons. The summed E-state index contributed by atoms with van der Waals surface area (Å²) < 4.78 is 11.0. The molecule has 2 fully saturated rings. The van der Waals surface area contributed by atoms with Gasteiger partial charge in [-0.2, -0.15) is 0 Å². The van der Waals surface area contributed by atoms with Crippen LogP contribution >= 0.6 is 0 Å². The van der Waals surface area contributed by atoms with Gasteiger partial charge in [-0.1, -0.05) is 0 Å². The Bertz CT molecular complexity index is 597. The lowest BCUT2D eigenvalue weighted by atomic mass is 9.59. The van der Waals surface area contributed by atoms with Gasteiger partial charge >= 0.3 is 0 Å². The highest BCUT2D eigenvalue weighted by molar-refractivity contribution is 5.06. The SMILES string of the molecule is CN(Cc1ccco1)C1CCC12CCN(Cc1ccco1)CC2. The molecule has 2 aliphatic rings. The van der Waals surface area contributed by atoms with Gasteiger partial charge < -0.3 is 8.83 Å². The van der Waals surface area contributed by atoms with E-state index in [2.05, 4.69) is 29.0 Å². The number of rotatable bonds is 5. The summed E-state index contributed by atoms with van der Waals surface area (Å²) >= 11 is 0. The first-order valence-corrected chi connectivity index (χ1v) is 8.73. The predicted molar refractivity (Wildman–Crippen MR) is 88.8 cm³/mol. The summed E-state index contributed by atoms with van der Waals surface area (Å²) in [4.78, 5) is 5.04. The zero-order valence-electron chi connectivity index (χ0n) is 13.9. The van der Waals surface area contributed by atoms with Crippen molar-refractivity contribution in [1.29, 1.82) is 0 Å². The molecule has 1 saturated heterocycles. The Morgan fingerprint density at radius 2 is 1.78 bits per heavy atom. The van der Waals surface area contributed by atoms with Gasteiger partial charge in [0.05, 0.1) is 25.6 Å². The van der Waals surface area contributed by atoms with Gasteiger partial charge in [-0.3, -0.25) is 9.80 Å². The van der Waals surface area contributed by atoms with Gasteiger partial charge in [0, 0.05) is 6.04 Å². The third-order valence-corrected chi connectivity index (χ3v) is 5.95. The average Bonchev–Trinajstić information content (AvgIpc) is 3.21. The summed E-state index contributed by atoms with van der Waals surface area (Å²) in [6.45, 7) is 4.25. The number of furan rings is 2. The molecule has 4 heteroatoms. The van der Waals surface area contributed by atoms with E-state index in [4.69, 9.17) is 8.83 Å². The molecule has 0 amide bonds. The van der Waals surface area contributed by atoms with Crippen LogP contribution in [0.5, 0.6) is 0 Å². The molecule has 1 saturated carbocycles. The number of hydrogen-bond donors (Lipinski definition) is 0. The molecule has 1 aliphatic heterocycles. The predicted octanol–water partition coefficient (Wildman–Crippen LogP) is 3.75. The smallest absolute Gasteiger partial charge is 0.117 e. The highest BCUT2D eigenvalue weighted by atomic mass is 16.3. The average molecular weight is 314 g/mol. The Balaban J connectivity index is 1.33. The van der Waals surface area contributed by atoms with Crippen LogP contribution < -0.4 is 0 Å². The highest BCUT2D eigenvalue weighted by Gasteiger charge is 2.49. The van der Waals surface area contributed by atoms with E-state index < -0.39 is 0 Å². The van der Waals surface area contributed by atoms with E-state index in [9.17, 15) is 0 Å². The topological polar surface area (TPSA) is 32.8 Å². The van der Waals surface area contributed by atoms with Crippen LogP contribution in [-0.4, -0.2) is 36.0 Å². The molecule has 2 aromatic heterocycles. The zero-order valence-corrected chi connectivity index (χ0v) is 13.9. The van der Waals surface area contributed by atoms with E-state index in [1.165, 1.54) is 38.8 Å². The third kappa shape index (κ3) is 2.98. The van der Waals surface area contributed by atoms with Crippen LogP contribution in [0.25, 0.3) is 0 Å². The van der Waals surface area contributed by atoms with E-state index >= 15 is 0 Å². The lowest BCUT2D eigenvalue weighted by Gasteiger charge is -2.56. The van der Waals surface area contributed by atoms with Crippen LogP contribution in [0.1, 0.15) is 37.2 Å². The molecular weight excluding hydrogens is 288 g/mol. The Morgan fingerprint density at radius 3 is 2.35 bits per heavy atom. The Morgan fingerprint density at radius 1 is 1.09 bits per heavy atom. The lowest BCUT2D eigenvalue weighted by molar-refractivity contribution is -0.0655. The molecule has 1 spiro atoms. The first-order valence-electron chi connectivity index (χ1n) is 8.73. The molecule has 1 unspecified atom stereocenters. The minimum absolute atomic E-state index is 0.529. The summed E-state index contributed by atoms with van der Waals surface area (Å²) in [6, 6.07) is 8.82. The highest BCUT2D eigenvalue weighted by Crippen LogP contribution is 2.51. The molecule has 2 aromatic rings. The van der Waals surface area contributed by atoms with Gasteiger partial charge in [-0.15, -0.1) is 0 Å². The van der Waals surface area contributed by atoms with Crippen molar-refractivity contribution in [3.8, 4) is 0 Å². The van der Waals surface area contributed by atoms with E-state index in [-0.39, 0.29) is 0 Å². The molecule has 124 valence electrons. The van der Waals surface area contributed by atoms with Crippen molar-refractivity contribution in [3.05, 3.63) is 48.3 Å². The maximum atomic E-state index is 5.51. The van der Waals surface area contributed by atoms with E-state index in [0.29, 0.717) is 11.5 Å². The van der Waals surface area contributed by atoms with Crippen molar-refractivity contribution in [2.45, 2.75) is 44.8 Å². The minimum Gasteiger partial charge on any atom is -0.468 e. The quantitative estimate of drug-likeness (QED) is 0.841. The number of hydrogen-bond acceptors (Lipinski definition) is 4. The fraction of sp³-hybridized carbons (Fsp3) is 0.579. The van der Waals surface area contributed by atoms with Crippen molar-refractivity contribution in [1.82, 2.24) is 9.80 Å². The Hall–Kier alpha value is -1.52. The Labute approximate surface area is 138 Å². The standard InChI is InChI=1S/C19H26N2O2/c1-20(14-16-4-2-12-22-16)18-6-7-19(18)8-10-21(11-9-19)15-17-5-3-13-23-17/h2-5,12-13,18H,6-11,14-15H2,1H3. The van der Waals surface area contributed by atoms with Crippen LogP contribution in [0.2, 0.25) is 0 Å². The second-order valence-electron chi connectivity index (χ2n) is 7.27. The summed E-state index contributed by atoms with van der Waals surface area (Å²) in [6.07, 6.45) is 8.87. The zero-order chi connectivity index (χ0) is 15.7. The van der Waals surface area contributed by atoms with Crippen molar-refractivity contribution in [2.75, 3.05) is 20.1 Å². The van der Waals surface area contributed by atoms with Crippen LogP contribution in [0, 0.1) is 5.41 Å². The number of likely N-dealkylation sites (tertiary alicyclic amines) is 1. The molecule has 4 rings (SSSR count). The first-order chi connectivity index (χ1) is 11.3. The molecular formula is C19H26N2O2. The number of piperidine rings is 1. The molecule has 0 aromatic carbocycles. The monoisotopic (exact) mass is 314 g/mol. The largest absolute Gasteiger partial charge is 0.468 e. The van der Waals surface area contributed by atoms with Gasteiger partial charge in [-0.05, 0) is 75.5 Å². The first kappa shape index (κ1) is 15.0. The molecule has 1 atom stereocenters. The second-order valence-corrected chi connectivity index (χ2v) is 7.27. The molecule has 0 bridgehead atoms. The molecule has 23 heavy (non-hydrogen) atoms. The van der Waals surface area contributed by atoms with Gasteiger partial charge in [0.15, 0.2) is 0 Å². The van der Waals surface area contributed by atoms with Gasteiger partial charge in [0.2, 0.25) is 0 Å². The fourth-order valence-electron chi connectivity index (χ4n) is 4.49. The summed E-state index contributed by atoms with van der Waals surface area (Å²) in [5.41, 5.74) is 0.529. The van der Waals surface area contributed by atoms with Crippen molar-refractivity contribution in [2.24, 2.45) is 5.41 Å². The van der Waals surface area contributed by atoms with E-state index in [1.54, 1.807) is 12.5 Å². The van der Waals surface area contributed by atoms with Crippen LogP contribution in [-0.2, 0) is 13.1 Å². The van der Waals surface area contributed by atoms with E-state index in [0.717, 1.165) is 24.6 Å². The van der Waals surface area contributed by atoms with Gasteiger partial charge in [0.1, 0.15) is 11.5 Å².